The molecule has 0 atom stereocenters. The third kappa shape index (κ3) is 2.05. The maximum atomic E-state index is 3.84. The zero-order valence-corrected chi connectivity index (χ0v) is 18.0. The number of rotatable bonds is 0. The minimum Gasteiger partial charge on any atom is -0.144 e. The highest BCUT2D eigenvalue weighted by Gasteiger charge is 2.44. The summed E-state index contributed by atoms with van der Waals surface area (Å²) < 4.78 is -0.196. The van der Waals surface area contributed by atoms with Crippen LogP contribution in [0.2, 0.25) is 0 Å². The Kier molecular flexibility index (Phi) is 3.50. The Bertz CT molecular complexity index is 674. The molecule has 0 N–H and O–H groups in total. The molecule has 0 amide bonds. The summed E-state index contributed by atoms with van der Waals surface area (Å²) >= 11 is 19.0. The average molecular weight is 560 g/mol. The van der Waals surface area contributed by atoms with E-state index in [1.165, 1.54) is 32.0 Å². The predicted molar refractivity (Wildman–Crippen MR) is 104 cm³/mol. The first-order valence-electron chi connectivity index (χ1n) is 6.04. The van der Waals surface area contributed by atoms with Gasteiger partial charge in [-0.1, -0.05) is 63.7 Å². The molecule has 0 aromatic carbocycles. The van der Waals surface area contributed by atoms with Gasteiger partial charge in [0.2, 0.25) is 0 Å². The van der Waals surface area contributed by atoms with Crippen LogP contribution in [0.5, 0.6) is 0 Å². The fraction of sp³-hybridized carbons (Fsp3) is 0.286. The van der Waals surface area contributed by atoms with Gasteiger partial charge in [0.25, 0.3) is 0 Å². The molecule has 0 aliphatic heterocycles. The first-order chi connectivity index (χ1) is 9.40. The standard InChI is InChI=1S/C14H8Br4S2/c15-13(16)5-7(11-9(13)1-3-19-11)8-6-14(17,18)10-2-4-20-12(8)10/h1-4H,5-6H2/b8-7+. The fourth-order valence-corrected chi connectivity index (χ4v) is 8.01. The Balaban J connectivity index is 1.96. The van der Waals surface area contributed by atoms with E-state index in [1.807, 2.05) is 22.7 Å². The highest BCUT2D eigenvalue weighted by Crippen LogP contribution is 2.63. The van der Waals surface area contributed by atoms with E-state index in [1.54, 1.807) is 0 Å². The molecule has 0 bridgehead atoms. The van der Waals surface area contributed by atoms with Crippen LogP contribution < -0.4 is 0 Å². The monoisotopic (exact) mass is 556 g/mol. The van der Waals surface area contributed by atoms with Gasteiger partial charge in [-0.3, -0.25) is 0 Å². The number of allylic oxidation sites excluding steroid dienone is 2. The molecule has 0 fully saturated rings. The van der Waals surface area contributed by atoms with Crippen molar-refractivity contribution in [2.45, 2.75) is 19.3 Å². The second kappa shape index (κ2) is 4.78. The second-order valence-corrected chi connectivity index (χ2v) is 14.4. The van der Waals surface area contributed by atoms with Gasteiger partial charge >= 0.3 is 0 Å². The smallest absolute Gasteiger partial charge is 0.111 e. The number of hydrogen-bond acceptors (Lipinski definition) is 2. The zero-order chi connectivity index (χ0) is 14.1. The van der Waals surface area contributed by atoms with Crippen molar-refractivity contribution in [3.63, 3.8) is 0 Å². The van der Waals surface area contributed by atoms with Crippen LogP contribution in [0.25, 0.3) is 11.1 Å². The molecule has 2 aromatic rings. The minimum absolute atomic E-state index is 0.0982. The molecule has 104 valence electrons. The van der Waals surface area contributed by atoms with Crippen LogP contribution in [0.15, 0.2) is 22.9 Å². The largest absolute Gasteiger partial charge is 0.144 e. The van der Waals surface area contributed by atoms with Gasteiger partial charge in [-0.15, -0.1) is 22.7 Å². The van der Waals surface area contributed by atoms with E-state index in [2.05, 4.69) is 86.6 Å². The van der Waals surface area contributed by atoms with Crippen LogP contribution in [0.1, 0.15) is 33.7 Å². The lowest BCUT2D eigenvalue weighted by molar-refractivity contribution is 0.988. The maximum Gasteiger partial charge on any atom is 0.111 e. The Labute approximate surface area is 159 Å². The van der Waals surface area contributed by atoms with Gasteiger partial charge in [0, 0.05) is 22.6 Å². The molecule has 2 aromatic heterocycles. The van der Waals surface area contributed by atoms with E-state index in [4.69, 9.17) is 0 Å². The highest BCUT2D eigenvalue weighted by atomic mass is 79.9. The fourth-order valence-electron chi connectivity index (χ4n) is 2.94. The van der Waals surface area contributed by atoms with E-state index in [-0.39, 0.29) is 6.47 Å². The van der Waals surface area contributed by atoms with E-state index < -0.39 is 0 Å². The van der Waals surface area contributed by atoms with Crippen LogP contribution in [0.4, 0.5) is 0 Å². The van der Waals surface area contributed by atoms with Crippen molar-refractivity contribution >= 4 is 97.5 Å². The lowest BCUT2D eigenvalue weighted by Gasteiger charge is -2.14. The molecule has 4 rings (SSSR count). The Morgan fingerprint density at radius 1 is 0.750 bits per heavy atom. The van der Waals surface area contributed by atoms with Crippen LogP contribution in [0.3, 0.4) is 0 Å². The van der Waals surface area contributed by atoms with Gasteiger partial charge in [0.15, 0.2) is 0 Å². The molecule has 0 spiro atoms. The normalized spacial score (nSPS) is 25.8. The molecule has 0 nitrogen and oxygen atoms in total. The van der Waals surface area contributed by atoms with Gasteiger partial charge in [-0.25, -0.2) is 0 Å². The number of thiophene rings is 2. The molecule has 2 aliphatic rings. The van der Waals surface area contributed by atoms with Crippen molar-refractivity contribution in [1.29, 1.82) is 0 Å². The summed E-state index contributed by atoms with van der Waals surface area (Å²) in [6, 6.07) is 4.44. The molecule has 2 heterocycles. The number of alkyl halides is 4. The van der Waals surface area contributed by atoms with E-state index in [9.17, 15) is 0 Å². The molecule has 20 heavy (non-hydrogen) atoms. The maximum absolute atomic E-state index is 3.84. The summed E-state index contributed by atoms with van der Waals surface area (Å²) in [6.45, 7) is 0. The minimum atomic E-state index is -0.0982. The highest BCUT2D eigenvalue weighted by molar-refractivity contribution is 9.25. The van der Waals surface area contributed by atoms with E-state index in [0.717, 1.165) is 12.8 Å². The summed E-state index contributed by atoms with van der Waals surface area (Å²) in [5.74, 6) is 0. The van der Waals surface area contributed by atoms with Gasteiger partial charge in [-0.05, 0) is 45.2 Å². The van der Waals surface area contributed by atoms with Crippen molar-refractivity contribution in [2.75, 3.05) is 0 Å². The molecular weight excluding hydrogens is 552 g/mol. The Morgan fingerprint density at radius 2 is 1.15 bits per heavy atom. The van der Waals surface area contributed by atoms with Crippen LogP contribution >= 0.6 is 86.4 Å². The van der Waals surface area contributed by atoms with Crippen LogP contribution in [0, 0.1) is 0 Å². The molecule has 0 saturated carbocycles. The number of hydrogen-bond donors (Lipinski definition) is 0. The van der Waals surface area contributed by atoms with E-state index >= 15 is 0 Å². The van der Waals surface area contributed by atoms with Crippen molar-refractivity contribution < 1.29 is 0 Å². The molecule has 0 saturated heterocycles. The lowest BCUT2D eigenvalue weighted by Crippen LogP contribution is -2.01. The molecule has 0 unspecified atom stereocenters. The van der Waals surface area contributed by atoms with Gasteiger partial charge < -0.3 is 0 Å². The van der Waals surface area contributed by atoms with Crippen molar-refractivity contribution in [3.05, 3.63) is 43.8 Å². The molecule has 0 radical (unpaired) electrons. The third-order valence-corrected chi connectivity index (χ3v) is 8.61. The average Bonchev–Trinajstić information content (AvgIpc) is 3.04. The Hall–Kier alpha value is 1.06. The van der Waals surface area contributed by atoms with Gasteiger partial charge in [0.05, 0.1) is 0 Å². The van der Waals surface area contributed by atoms with Crippen molar-refractivity contribution in [1.82, 2.24) is 0 Å². The zero-order valence-electron chi connectivity index (χ0n) is 10.1. The number of fused-ring (bicyclic) bond motifs is 2. The summed E-state index contributed by atoms with van der Waals surface area (Å²) in [4.78, 5) is 2.84. The SMILES string of the molecule is BrC1(Br)C/C(=C2/CC(Br)(Br)c3ccsc32)c2sccc21. The Morgan fingerprint density at radius 3 is 1.55 bits per heavy atom. The molecule has 2 aliphatic carbocycles. The van der Waals surface area contributed by atoms with Crippen LogP contribution in [-0.2, 0) is 6.47 Å². The third-order valence-electron chi connectivity index (χ3n) is 3.83. The first-order valence-corrected chi connectivity index (χ1v) is 11.0. The predicted octanol–water partition coefficient (Wildman–Crippen LogP) is 7.41. The second-order valence-electron chi connectivity index (χ2n) is 5.05. The summed E-state index contributed by atoms with van der Waals surface area (Å²) in [7, 11) is 0. The quantitative estimate of drug-likeness (QED) is 0.295. The van der Waals surface area contributed by atoms with E-state index in [0.29, 0.717) is 0 Å². The molecular formula is C14H8Br4S2. The van der Waals surface area contributed by atoms with Crippen molar-refractivity contribution in [2.24, 2.45) is 0 Å². The number of halogens is 4. The topological polar surface area (TPSA) is 0 Å². The molecule has 6 heteroatoms. The van der Waals surface area contributed by atoms with Crippen molar-refractivity contribution in [3.8, 4) is 0 Å². The lowest BCUT2D eigenvalue weighted by atomic mass is 10.1. The summed E-state index contributed by atoms with van der Waals surface area (Å²) in [6.07, 6.45) is 2.00. The van der Waals surface area contributed by atoms with Gasteiger partial charge in [-0.2, -0.15) is 0 Å². The summed E-state index contributed by atoms with van der Waals surface area (Å²) in [5.41, 5.74) is 5.69. The van der Waals surface area contributed by atoms with Gasteiger partial charge in [0.1, 0.15) is 6.47 Å². The first kappa shape index (κ1) is 14.6. The summed E-state index contributed by atoms with van der Waals surface area (Å²) in [5, 5.41) is 4.36. The van der Waals surface area contributed by atoms with Crippen LogP contribution in [-0.4, -0.2) is 0 Å².